The van der Waals surface area contributed by atoms with Gasteiger partial charge in [0.2, 0.25) is 0 Å². The number of aliphatic imine (C=N–C) groups is 1. The molecular weight excluding hydrogens is 372 g/mol. The molecule has 3 heterocycles. The van der Waals surface area contributed by atoms with Gasteiger partial charge in [0, 0.05) is 6.42 Å². The van der Waals surface area contributed by atoms with Gasteiger partial charge in [0.25, 0.3) is 10.0 Å². The summed E-state index contributed by atoms with van der Waals surface area (Å²) in [5, 5.41) is 1.72. The maximum Gasteiger partial charge on any atom is 0.271 e. The van der Waals surface area contributed by atoms with E-state index in [2.05, 4.69) is 19.7 Å². The van der Waals surface area contributed by atoms with E-state index in [0.29, 0.717) is 17.9 Å². The standard InChI is InChI=1S/C17H14N4O3S2/c1-24-16-5-4-11(12-8-13-15(20-12)9-18-10-19-13)7-14(16)21-26(22,23)17-3-2-6-25-17/h2-7,9-10,21H,8H2,1H3. The van der Waals surface area contributed by atoms with Crippen LogP contribution in [0, 0.1) is 0 Å². The molecule has 1 N–H and O–H groups in total. The Morgan fingerprint density at radius 1 is 1.27 bits per heavy atom. The summed E-state index contributed by atoms with van der Waals surface area (Å²) in [4.78, 5) is 12.7. The van der Waals surface area contributed by atoms with Gasteiger partial charge in [0.1, 0.15) is 22.0 Å². The molecule has 1 aliphatic heterocycles. The van der Waals surface area contributed by atoms with Crippen molar-refractivity contribution in [3.63, 3.8) is 0 Å². The zero-order valence-electron chi connectivity index (χ0n) is 13.7. The number of aromatic nitrogens is 2. The number of ether oxygens (including phenoxy) is 1. The number of methoxy groups -OCH3 is 1. The Balaban J connectivity index is 1.69. The molecule has 1 aromatic carbocycles. The summed E-state index contributed by atoms with van der Waals surface area (Å²) in [6.45, 7) is 0. The molecule has 3 aromatic rings. The van der Waals surface area contributed by atoms with Crippen molar-refractivity contribution in [2.24, 2.45) is 4.99 Å². The summed E-state index contributed by atoms with van der Waals surface area (Å²) in [7, 11) is -2.17. The van der Waals surface area contributed by atoms with E-state index in [1.807, 2.05) is 6.07 Å². The molecular formula is C17H14N4O3S2. The van der Waals surface area contributed by atoms with E-state index in [1.54, 1.807) is 35.8 Å². The van der Waals surface area contributed by atoms with Crippen molar-refractivity contribution in [2.45, 2.75) is 10.6 Å². The van der Waals surface area contributed by atoms with Crippen LogP contribution in [-0.4, -0.2) is 31.2 Å². The van der Waals surface area contributed by atoms with Gasteiger partial charge in [-0.1, -0.05) is 6.07 Å². The molecule has 4 rings (SSSR count). The summed E-state index contributed by atoms with van der Waals surface area (Å²) >= 11 is 1.15. The Bertz CT molecular complexity index is 1090. The zero-order chi connectivity index (χ0) is 18.1. The summed E-state index contributed by atoms with van der Waals surface area (Å²) in [5.74, 6) is 0.435. The molecule has 0 aliphatic carbocycles. The van der Waals surface area contributed by atoms with Crippen molar-refractivity contribution in [1.29, 1.82) is 0 Å². The summed E-state index contributed by atoms with van der Waals surface area (Å²) < 4.78 is 33.2. The maximum atomic E-state index is 12.5. The van der Waals surface area contributed by atoms with Crippen LogP contribution in [-0.2, 0) is 16.4 Å². The van der Waals surface area contributed by atoms with Gasteiger partial charge in [-0.15, -0.1) is 11.3 Å². The second-order valence-electron chi connectivity index (χ2n) is 5.54. The normalized spacial score (nSPS) is 13.2. The van der Waals surface area contributed by atoms with Crippen molar-refractivity contribution in [3.05, 3.63) is 59.5 Å². The number of hydrogen-bond acceptors (Lipinski definition) is 7. The lowest BCUT2D eigenvalue weighted by Crippen LogP contribution is -2.13. The van der Waals surface area contributed by atoms with Crippen molar-refractivity contribution in [1.82, 2.24) is 9.97 Å². The third-order valence-electron chi connectivity index (χ3n) is 3.90. The summed E-state index contributed by atoms with van der Waals surface area (Å²) in [5.41, 5.74) is 3.56. The van der Waals surface area contributed by atoms with Crippen molar-refractivity contribution in [3.8, 4) is 5.75 Å². The molecule has 2 aromatic heterocycles. The Morgan fingerprint density at radius 2 is 2.15 bits per heavy atom. The number of thiophene rings is 1. The average molecular weight is 386 g/mol. The van der Waals surface area contributed by atoms with Gasteiger partial charge >= 0.3 is 0 Å². The second-order valence-corrected chi connectivity index (χ2v) is 8.40. The minimum Gasteiger partial charge on any atom is -0.495 e. The Hall–Kier alpha value is -2.78. The first-order valence-corrected chi connectivity index (χ1v) is 10.0. The highest BCUT2D eigenvalue weighted by atomic mass is 32.2. The van der Waals surface area contributed by atoms with Crippen LogP contribution in [0.3, 0.4) is 0 Å². The molecule has 132 valence electrons. The molecule has 0 radical (unpaired) electrons. The fourth-order valence-electron chi connectivity index (χ4n) is 2.67. The lowest BCUT2D eigenvalue weighted by atomic mass is 10.1. The fraction of sp³-hybridized carbons (Fsp3) is 0.118. The quantitative estimate of drug-likeness (QED) is 0.727. The topological polar surface area (TPSA) is 93.5 Å². The van der Waals surface area contributed by atoms with E-state index in [9.17, 15) is 8.42 Å². The van der Waals surface area contributed by atoms with E-state index < -0.39 is 10.0 Å². The molecule has 26 heavy (non-hydrogen) atoms. The molecule has 0 unspecified atom stereocenters. The molecule has 9 heteroatoms. The van der Waals surface area contributed by atoms with E-state index in [4.69, 9.17) is 4.74 Å². The Labute approximate surface area is 154 Å². The third kappa shape index (κ3) is 3.06. The largest absolute Gasteiger partial charge is 0.495 e. The number of nitrogens with zero attached hydrogens (tertiary/aromatic N) is 3. The molecule has 0 amide bonds. The summed E-state index contributed by atoms with van der Waals surface area (Å²) in [6.07, 6.45) is 3.73. The summed E-state index contributed by atoms with van der Waals surface area (Å²) in [6, 6.07) is 8.54. The van der Waals surface area contributed by atoms with Crippen LogP contribution in [0.4, 0.5) is 11.4 Å². The Kier molecular flexibility index (Phi) is 4.17. The number of fused-ring (bicyclic) bond motifs is 1. The van der Waals surface area contributed by atoms with Crippen LogP contribution in [0.5, 0.6) is 5.75 Å². The van der Waals surface area contributed by atoms with Gasteiger partial charge in [0.05, 0.1) is 30.4 Å². The first kappa shape index (κ1) is 16.7. The van der Waals surface area contributed by atoms with E-state index in [1.165, 1.54) is 13.4 Å². The van der Waals surface area contributed by atoms with Crippen LogP contribution in [0.15, 0.2) is 57.4 Å². The zero-order valence-corrected chi connectivity index (χ0v) is 15.3. The van der Waals surface area contributed by atoms with Crippen LogP contribution in [0.1, 0.15) is 11.3 Å². The van der Waals surface area contributed by atoms with Gasteiger partial charge in [-0.3, -0.25) is 4.72 Å². The van der Waals surface area contributed by atoms with Crippen molar-refractivity contribution in [2.75, 3.05) is 11.8 Å². The highest BCUT2D eigenvalue weighted by molar-refractivity contribution is 7.94. The number of anilines is 1. The predicted octanol–water partition coefficient (Wildman–Crippen LogP) is 3.02. The molecule has 0 atom stereocenters. The van der Waals surface area contributed by atoms with Gasteiger partial charge < -0.3 is 4.74 Å². The van der Waals surface area contributed by atoms with E-state index in [0.717, 1.165) is 34.0 Å². The lowest BCUT2D eigenvalue weighted by molar-refractivity contribution is 0.417. The molecule has 0 saturated heterocycles. The first-order chi connectivity index (χ1) is 12.6. The molecule has 0 spiro atoms. The SMILES string of the molecule is COc1ccc(C2=Nc3cncnc3C2)cc1NS(=O)(=O)c1cccs1. The fourth-order valence-corrected chi connectivity index (χ4v) is 4.72. The average Bonchev–Trinajstić information content (AvgIpc) is 3.31. The monoisotopic (exact) mass is 386 g/mol. The number of benzene rings is 1. The Morgan fingerprint density at radius 3 is 2.88 bits per heavy atom. The minimum atomic E-state index is -3.67. The number of hydrogen-bond donors (Lipinski definition) is 1. The van der Waals surface area contributed by atoms with Gasteiger partial charge in [-0.25, -0.2) is 23.4 Å². The number of nitrogens with one attached hydrogen (secondary N) is 1. The van der Waals surface area contributed by atoms with Crippen molar-refractivity contribution < 1.29 is 13.2 Å². The highest BCUT2D eigenvalue weighted by Gasteiger charge is 2.21. The van der Waals surface area contributed by atoms with Gasteiger partial charge in [-0.2, -0.15) is 0 Å². The minimum absolute atomic E-state index is 0.242. The van der Waals surface area contributed by atoms with Crippen LogP contribution >= 0.6 is 11.3 Å². The van der Waals surface area contributed by atoms with Crippen LogP contribution in [0.25, 0.3) is 0 Å². The highest BCUT2D eigenvalue weighted by Crippen LogP contribution is 2.32. The van der Waals surface area contributed by atoms with Crippen LogP contribution in [0.2, 0.25) is 0 Å². The van der Waals surface area contributed by atoms with Gasteiger partial charge in [-0.05, 0) is 35.2 Å². The van der Waals surface area contributed by atoms with E-state index in [-0.39, 0.29) is 4.21 Å². The maximum absolute atomic E-state index is 12.5. The number of rotatable bonds is 5. The molecule has 7 nitrogen and oxygen atoms in total. The molecule has 0 bridgehead atoms. The van der Waals surface area contributed by atoms with Crippen LogP contribution < -0.4 is 9.46 Å². The molecule has 0 saturated carbocycles. The second kappa shape index (κ2) is 6.50. The third-order valence-corrected chi connectivity index (χ3v) is 6.66. The first-order valence-electron chi connectivity index (χ1n) is 7.68. The predicted molar refractivity (Wildman–Crippen MR) is 100 cm³/mol. The number of sulfonamides is 1. The molecule has 0 fully saturated rings. The lowest BCUT2D eigenvalue weighted by Gasteiger charge is -2.12. The van der Waals surface area contributed by atoms with Gasteiger partial charge in [0.15, 0.2) is 0 Å². The molecule has 1 aliphatic rings. The smallest absolute Gasteiger partial charge is 0.271 e. The van der Waals surface area contributed by atoms with E-state index >= 15 is 0 Å². The van der Waals surface area contributed by atoms with Crippen molar-refractivity contribution >= 4 is 38.4 Å².